The van der Waals surface area contributed by atoms with E-state index in [4.69, 9.17) is 10.2 Å². The molecule has 160 valence electrons. The van der Waals surface area contributed by atoms with Crippen LogP contribution in [0.5, 0.6) is 0 Å². The second kappa shape index (κ2) is 13.1. The van der Waals surface area contributed by atoms with E-state index in [1.165, 1.54) is 0 Å². The standard InChI is InChI=1S/C14H15NO6S.3C2H6/c1-3-8(16)4-10-7(2)9-5-13(22(18,19)20)11(15)6-12(9)21-14(10)17;3*1-2/h5-6H,3-4,15H2,1-2H3,(H,18,19,20);3*1-2H3. The SMILES string of the molecule is CC.CC.CC.CCC(=O)Cc1c(C)c2cc(S(=O)(=O)O)c(N)cc2oc1=O. The van der Waals surface area contributed by atoms with Crippen LogP contribution in [0.25, 0.3) is 11.0 Å². The maximum Gasteiger partial charge on any atom is 0.340 e. The van der Waals surface area contributed by atoms with Gasteiger partial charge >= 0.3 is 5.63 Å². The molecule has 0 aliphatic carbocycles. The largest absolute Gasteiger partial charge is 0.422 e. The van der Waals surface area contributed by atoms with Gasteiger partial charge in [-0.2, -0.15) is 8.42 Å². The van der Waals surface area contributed by atoms with Crippen LogP contribution < -0.4 is 11.4 Å². The first kappa shape index (κ1) is 28.0. The number of nitrogen functional groups attached to an aromatic ring is 1. The van der Waals surface area contributed by atoms with Crippen molar-refractivity contribution in [3.05, 3.63) is 33.7 Å². The van der Waals surface area contributed by atoms with Crippen molar-refractivity contribution in [2.45, 2.75) is 73.1 Å². The van der Waals surface area contributed by atoms with Gasteiger partial charge in [0, 0.05) is 29.9 Å². The summed E-state index contributed by atoms with van der Waals surface area (Å²) in [5, 5.41) is 0.306. The summed E-state index contributed by atoms with van der Waals surface area (Å²) in [5.41, 5.74) is 5.37. The normalized spacial score (nSPS) is 9.89. The van der Waals surface area contributed by atoms with E-state index in [1.54, 1.807) is 13.8 Å². The fourth-order valence-electron chi connectivity index (χ4n) is 2.18. The lowest BCUT2D eigenvalue weighted by atomic mass is 10.0. The van der Waals surface area contributed by atoms with Crippen LogP contribution >= 0.6 is 0 Å². The highest BCUT2D eigenvalue weighted by Crippen LogP contribution is 2.28. The molecule has 2 rings (SSSR count). The summed E-state index contributed by atoms with van der Waals surface area (Å²) < 4.78 is 36.9. The van der Waals surface area contributed by atoms with Gasteiger partial charge in [0.2, 0.25) is 0 Å². The monoisotopic (exact) mass is 415 g/mol. The predicted molar refractivity (Wildman–Crippen MR) is 114 cm³/mol. The molecule has 0 saturated heterocycles. The summed E-state index contributed by atoms with van der Waals surface area (Å²) in [6.07, 6.45) is 0.182. The van der Waals surface area contributed by atoms with Crippen molar-refractivity contribution in [2.75, 3.05) is 5.73 Å². The number of fused-ring (bicyclic) bond motifs is 1. The Kier molecular flexibility index (Phi) is 13.1. The summed E-state index contributed by atoms with van der Waals surface area (Å²) in [6.45, 7) is 15.3. The molecule has 8 heteroatoms. The predicted octanol–water partition coefficient (Wildman–Crippen LogP) is 4.53. The second-order valence-electron chi connectivity index (χ2n) is 4.92. The van der Waals surface area contributed by atoms with E-state index < -0.39 is 20.6 Å². The molecule has 0 aliphatic rings. The molecule has 0 saturated carbocycles. The van der Waals surface area contributed by atoms with Crippen LogP contribution in [-0.4, -0.2) is 18.8 Å². The number of aryl methyl sites for hydroxylation is 1. The zero-order valence-corrected chi connectivity index (χ0v) is 18.9. The molecular weight excluding hydrogens is 382 g/mol. The van der Waals surface area contributed by atoms with Gasteiger partial charge < -0.3 is 10.2 Å². The molecule has 0 spiro atoms. The first-order valence-corrected chi connectivity index (χ1v) is 10.9. The number of nitrogens with two attached hydrogens (primary N) is 1. The van der Waals surface area contributed by atoms with E-state index in [2.05, 4.69) is 0 Å². The Balaban J connectivity index is 0. The average molecular weight is 416 g/mol. The quantitative estimate of drug-likeness (QED) is 0.426. The van der Waals surface area contributed by atoms with Crippen molar-refractivity contribution in [3.63, 3.8) is 0 Å². The third-order valence-corrected chi connectivity index (χ3v) is 4.37. The molecule has 28 heavy (non-hydrogen) atoms. The first-order valence-electron chi connectivity index (χ1n) is 9.50. The van der Waals surface area contributed by atoms with Crippen molar-refractivity contribution in [1.29, 1.82) is 0 Å². The van der Waals surface area contributed by atoms with Crippen molar-refractivity contribution >= 4 is 32.6 Å². The number of anilines is 1. The number of hydrogen-bond acceptors (Lipinski definition) is 6. The van der Waals surface area contributed by atoms with E-state index in [-0.39, 0.29) is 35.5 Å². The molecule has 1 aromatic carbocycles. The number of carbonyl (C=O) groups excluding carboxylic acids is 1. The van der Waals surface area contributed by atoms with Crippen LogP contribution in [0.3, 0.4) is 0 Å². The third-order valence-electron chi connectivity index (χ3n) is 3.46. The Labute approximate surface area is 167 Å². The molecule has 0 unspecified atom stereocenters. The molecule has 0 fully saturated rings. The maximum absolute atomic E-state index is 12.0. The zero-order chi connectivity index (χ0) is 22.7. The molecular formula is C20H33NO6S. The van der Waals surface area contributed by atoms with E-state index in [9.17, 15) is 22.6 Å². The zero-order valence-electron chi connectivity index (χ0n) is 18.0. The third kappa shape index (κ3) is 7.09. The molecule has 1 heterocycles. The minimum Gasteiger partial charge on any atom is -0.422 e. The molecule has 1 aromatic heterocycles. The molecule has 0 amide bonds. The number of benzene rings is 1. The van der Waals surface area contributed by atoms with Gasteiger partial charge in [0.15, 0.2) is 0 Å². The molecule has 2 aromatic rings. The maximum atomic E-state index is 12.0. The minimum atomic E-state index is -4.50. The van der Waals surface area contributed by atoms with Gasteiger partial charge in [-0.05, 0) is 18.6 Å². The summed E-state index contributed by atoms with van der Waals surface area (Å²) in [6, 6.07) is 2.30. The molecule has 0 atom stereocenters. The highest BCUT2D eigenvalue weighted by Gasteiger charge is 2.19. The summed E-state index contributed by atoms with van der Waals surface area (Å²) in [5.74, 6) is -0.139. The van der Waals surface area contributed by atoms with Crippen molar-refractivity contribution in [1.82, 2.24) is 0 Å². The highest BCUT2D eigenvalue weighted by molar-refractivity contribution is 7.86. The van der Waals surface area contributed by atoms with Crippen LogP contribution in [0.1, 0.15) is 66.0 Å². The number of carbonyl (C=O) groups is 1. The number of ketones is 1. The van der Waals surface area contributed by atoms with E-state index in [1.807, 2.05) is 41.5 Å². The van der Waals surface area contributed by atoms with Gasteiger partial charge in [0.05, 0.1) is 5.69 Å². The number of hydrogen-bond donors (Lipinski definition) is 2. The van der Waals surface area contributed by atoms with Gasteiger partial charge in [0.1, 0.15) is 16.3 Å². The first-order chi connectivity index (χ1) is 13.1. The van der Waals surface area contributed by atoms with Gasteiger partial charge in [-0.15, -0.1) is 0 Å². The van der Waals surface area contributed by atoms with Crippen LogP contribution in [0, 0.1) is 6.92 Å². The summed E-state index contributed by atoms with van der Waals surface area (Å²) in [4.78, 5) is 23.1. The van der Waals surface area contributed by atoms with Crippen LogP contribution in [0.4, 0.5) is 5.69 Å². The van der Waals surface area contributed by atoms with Gasteiger partial charge in [0.25, 0.3) is 10.1 Å². The van der Waals surface area contributed by atoms with Gasteiger partial charge in [-0.1, -0.05) is 48.5 Å². The summed E-state index contributed by atoms with van der Waals surface area (Å²) in [7, 11) is -4.50. The molecule has 0 radical (unpaired) electrons. The smallest absolute Gasteiger partial charge is 0.340 e. The van der Waals surface area contributed by atoms with E-state index in [0.29, 0.717) is 10.9 Å². The molecule has 0 bridgehead atoms. The second-order valence-corrected chi connectivity index (χ2v) is 6.31. The fourth-order valence-corrected chi connectivity index (χ4v) is 2.80. The Morgan fingerprint density at radius 2 is 1.61 bits per heavy atom. The minimum absolute atomic E-state index is 0.0911. The topological polar surface area (TPSA) is 128 Å². The molecule has 7 nitrogen and oxygen atoms in total. The molecule has 3 N–H and O–H groups in total. The fraction of sp³-hybridized carbons (Fsp3) is 0.500. The highest BCUT2D eigenvalue weighted by atomic mass is 32.2. The van der Waals surface area contributed by atoms with Crippen molar-refractivity contribution < 1.29 is 22.2 Å². The van der Waals surface area contributed by atoms with Gasteiger partial charge in [-0.3, -0.25) is 9.35 Å². The number of rotatable bonds is 4. The van der Waals surface area contributed by atoms with Crippen molar-refractivity contribution in [3.8, 4) is 0 Å². The lowest BCUT2D eigenvalue weighted by Gasteiger charge is -2.09. The lowest BCUT2D eigenvalue weighted by Crippen LogP contribution is -2.15. The Bertz CT molecular complexity index is 930. The molecule has 0 aliphatic heterocycles. The van der Waals surface area contributed by atoms with Gasteiger partial charge in [-0.25, -0.2) is 4.79 Å². The lowest BCUT2D eigenvalue weighted by molar-refractivity contribution is -0.118. The van der Waals surface area contributed by atoms with Crippen LogP contribution in [0.15, 0.2) is 26.2 Å². The van der Waals surface area contributed by atoms with Crippen LogP contribution in [-0.2, 0) is 21.3 Å². The average Bonchev–Trinajstić information content (AvgIpc) is 2.68. The van der Waals surface area contributed by atoms with Crippen molar-refractivity contribution in [2.24, 2.45) is 0 Å². The Morgan fingerprint density at radius 3 is 2.04 bits per heavy atom. The van der Waals surface area contributed by atoms with E-state index in [0.717, 1.165) is 12.1 Å². The number of Topliss-reactive ketones (excluding diaryl/α,β-unsaturated/α-hetero) is 1. The van der Waals surface area contributed by atoms with Crippen LogP contribution in [0.2, 0.25) is 0 Å². The van der Waals surface area contributed by atoms with E-state index >= 15 is 0 Å². The summed E-state index contributed by atoms with van der Waals surface area (Å²) >= 11 is 0. The Morgan fingerprint density at radius 1 is 1.11 bits per heavy atom. The Hall–Kier alpha value is -2.19.